The summed E-state index contributed by atoms with van der Waals surface area (Å²) in [6.45, 7) is 2.12. The van der Waals surface area contributed by atoms with E-state index in [1.54, 1.807) is 28.6 Å². The highest BCUT2D eigenvalue weighted by molar-refractivity contribution is 7.89. The lowest BCUT2D eigenvalue weighted by atomic mass is 9.98. The van der Waals surface area contributed by atoms with Gasteiger partial charge >= 0.3 is 0 Å². The molecule has 1 aromatic heterocycles. The largest absolute Gasteiger partial charge is 0.354 e. The van der Waals surface area contributed by atoms with Gasteiger partial charge in [0.2, 0.25) is 10.0 Å². The highest BCUT2D eigenvalue weighted by Gasteiger charge is 2.29. The maximum Gasteiger partial charge on any atom is 0.243 e. The zero-order valence-electron chi connectivity index (χ0n) is 12.2. The van der Waals surface area contributed by atoms with E-state index in [1.165, 1.54) is 0 Å². The average Bonchev–Trinajstić information content (AvgIpc) is 3.01. The standard InChI is InChI=1S/C16H19ClN2O2S/c17-15-3-5-16(6-4-15)22(20,21)19-11-7-14(8-12-19)13-18-9-1-2-10-18/h1-6,9-10,14H,7-8,11-13H2. The van der Waals surface area contributed by atoms with Crippen molar-refractivity contribution in [2.45, 2.75) is 24.3 Å². The Morgan fingerprint density at radius 2 is 1.64 bits per heavy atom. The number of rotatable bonds is 4. The minimum absolute atomic E-state index is 0.320. The van der Waals surface area contributed by atoms with Crippen molar-refractivity contribution in [3.05, 3.63) is 53.8 Å². The van der Waals surface area contributed by atoms with Crippen LogP contribution in [0.15, 0.2) is 53.7 Å². The van der Waals surface area contributed by atoms with E-state index in [9.17, 15) is 8.42 Å². The number of nitrogens with zero attached hydrogens (tertiary/aromatic N) is 2. The predicted octanol–water partition coefficient (Wildman–Crippen LogP) is 3.24. The van der Waals surface area contributed by atoms with Crippen molar-refractivity contribution >= 4 is 21.6 Å². The van der Waals surface area contributed by atoms with E-state index in [0.717, 1.165) is 19.4 Å². The van der Waals surface area contributed by atoms with E-state index in [1.807, 2.05) is 12.1 Å². The third kappa shape index (κ3) is 3.37. The molecular formula is C16H19ClN2O2S. The van der Waals surface area contributed by atoms with Gasteiger partial charge in [-0.15, -0.1) is 0 Å². The lowest BCUT2D eigenvalue weighted by Gasteiger charge is -2.31. The molecule has 0 saturated carbocycles. The van der Waals surface area contributed by atoms with Gasteiger partial charge in [-0.25, -0.2) is 8.42 Å². The Kier molecular flexibility index (Phi) is 4.57. The molecule has 118 valence electrons. The lowest BCUT2D eigenvalue weighted by molar-refractivity contribution is 0.253. The molecule has 1 aliphatic heterocycles. The summed E-state index contributed by atoms with van der Waals surface area (Å²) in [5, 5.41) is 0.546. The number of hydrogen-bond donors (Lipinski definition) is 0. The molecule has 0 unspecified atom stereocenters. The third-order valence-electron chi connectivity index (χ3n) is 4.16. The molecule has 0 amide bonds. The van der Waals surface area contributed by atoms with Crippen molar-refractivity contribution in [1.29, 1.82) is 0 Å². The van der Waals surface area contributed by atoms with Crippen molar-refractivity contribution in [1.82, 2.24) is 8.87 Å². The molecule has 3 rings (SSSR count). The van der Waals surface area contributed by atoms with Crippen LogP contribution in [-0.2, 0) is 16.6 Å². The fourth-order valence-electron chi connectivity index (χ4n) is 2.88. The second kappa shape index (κ2) is 6.44. The summed E-state index contributed by atoms with van der Waals surface area (Å²) in [6, 6.07) is 10.4. The summed E-state index contributed by atoms with van der Waals surface area (Å²) >= 11 is 5.82. The van der Waals surface area contributed by atoms with Crippen LogP contribution in [0.4, 0.5) is 0 Å². The molecule has 1 aliphatic rings. The Labute approximate surface area is 136 Å². The Morgan fingerprint density at radius 1 is 1.05 bits per heavy atom. The van der Waals surface area contributed by atoms with Gasteiger partial charge in [-0.2, -0.15) is 4.31 Å². The SMILES string of the molecule is O=S(=O)(c1ccc(Cl)cc1)N1CCC(Cn2cccc2)CC1. The summed E-state index contributed by atoms with van der Waals surface area (Å²) < 4.78 is 28.9. The molecular weight excluding hydrogens is 320 g/mol. The van der Waals surface area contributed by atoms with Crippen molar-refractivity contribution in [3.63, 3.8) is 0 Å². The highest BCUT2D eigenvalue weighted by Crippen LogP contribution is 2.25. The van der Waals surface area contributed by atoms with Gasteiger partial charge in [0.05, 0.1) is 4.90 Å². The van der Waals surface area contributed by atoms with Gasteiger partial charge in [0, 0.05) is 37.1 Å². The number of hydrogen-bond acceptors (Lipinski definition) is 2. The molecule has 1 saturated heterocycles. The van der Waals surface area contributed by atoms with Gasteiger partial charge in [-0.05, 0) is 55.2 Å². The summed E-state index contributed by atoms with van der Waals surface area (Å²) in [6.07, 6.45) is 5.89. The molecule has 0 bridgehead atoms. The van der Waals surface area contributed by atoms with Crippen LogP contribution in [-0.4, -0.2) is 30.4 Å². The topological polar surface area (TPSA) is 42.3 Å². The molecule has 22 heavy (non-hydrogen) atoms. The third-order valence-corrected chi connectivity index (χ3v) is 6.32. The first-order chi connectivity index (χ1) is 10.6. The minimum Gasteiger partial charge on any atom is -0.354 e. The average molecular weight is 339 g/mol. The van der Waals surface area contributed by atoms with Crippen molar-refractivity contribution in [2.75, 3.05) is 13.1 Å². The molecule has 6 heteroatoms. The van der Waals surface area contributed by atoms with Crippen LogP contribution in [0.25, 0.3) is 0 Å². The first-order valence-corrected chi connectivity index (χ1v) is 9.24. The Morgan fingerprint density at radius 3 is 2.23 bits per heavy atom. The van der Waals surface area contributed by atoms with Crippen LogP contribution in [0.2, 0.25) is 5.02 Å². The van der Waals surface area contributed by atoms with E-state index in [4.69, 9.17) is 11.6 Å². The van der Waals surface area contributed by atoms with E-state index in [0.29, 0.717) is 28.9 Å². The van der Waals surface area contributed by atoms with Gasteiger partial charge in [-0.3, -0.25) is 0 Å². The number of benzene rings is 1. The molecule has 1 fully saturated rings. The molecule has 4 nitrogen and oxygen atoms in total. The molecule has 0 aliphatic carbocycles. The van der Waals surface area contributed by atoms with E-state index in [-0.39, 0.29) is 0 Å². The van der Waals surface area contributed by atoms with Crippen LogP contribution < -0.4 is 0 Å². The number of sulfonamides is 1. The quantitative estimate of drug-likeness (QED) is 0.858. The molecule has 0 spiro atoms. The number of halogens is 1. The van der Waals surface area contributed by atoms with Crippen LogP contribution in [0, 0.1) is 5.92 Å². The molecule has 2 aromatic rings. The lowest BCUT2D eigenvalue weighted by Crippen LogP contribution is -2.39. The van der Waals surface area contributed by atoms with Crippen LogP contribution >= 0.6 is 11.6 Å². The number of aromatic nitrogens is 1. The first kappa shape index (κ1) is 15.6. The Balaban J connectivity index is 1.64. The first-order valence-electron chi connectivity index (χ1n) is 7.42. The Hall–Kier alpha value is -1.30. The number of piperidine rings is 1. The van der Waals surface area contributed by atoms with E-state index in [2.05, 4.69) is 17.0 Å². The summed E-state index contributed by atoms with van der Waals surface area (Å²) in [4.78, 5) is 0.320. The predicted molar refractivity (Wildman–Crippen MR) is 87.4 cm³/mol. The van der Waals surface area contributed by atoms with Crippen molar-refractivity contribution in [3.8, 4) is 0 Å². The van der Waals surface area contributed by atoms with Gasteiger partial charge in [-0.1, -0.05) is 11.6 Å². The fourth-order valence-corrected chi connectivity index (χ4v) is 4.47. The molecule has 0 radical (unpaired) electrons. The summed E-state index contributed by atoms with van der Waals surface area (Å²) in [7, 11) is -3.40. The summed E-state index contributed by atoms with van der Waals surface area (Å²) in [5.74, 6) is 0.532. The minimum atomic E-state index is -3.40. The normalized spacial score (nSPS) is 17.7. The second-order valence-corrected chi connectivity index (χ2v) is 8.06. The summed E-state index contributed by atoms with van der Waals surface area (Å²) in [5.41, 5.74) is 0. The second-order valence-electron chi connectivity index (χ2n) is 5.68. The maximum absolute atomic E-state index is 12.6. The molecule has 2 heterocycles. The smallest absolute Gasteiger partial charge is 0.243 e. The van der Waals surface area contributed by atoms with Gasteiger partial charge < -0.3 is 4.57 Å². The van der Waals surface area contributed by atoms with Gasteiger partial charge in [0.15, 0.2) is 0 Å². The van der Waals surface area contributed by atoms with E-state index < -0.39 is 10.0 Å². The molecule has 0 atom stereocenters. The Bertz CT molecular complexity index is 703. The van der Waals surface area contributed by atoms with E-state index >= 15 is 0 Å². The highest BCUT2D eigenvalue weighted by atomic mass is 35.5. The molecule has 0 N–H and O–H groups in total. The van der Waals surface area contributed by atoms with Crippen LogP contribution in [0.1, 0.15) is 12.8 Å². The maximum atomic E-state index is 12.6. The van der Waals surface area contributed by atoms with Gasteiger partial charge in [0.1, 0.15) is 0 Å². The van der Waals surface area contributed by atoms with Crippen molar-refractivity contribution in [2.24, 2.45) is 5.92 Å². The zero-order chi connectivity index (χ0) is 15.6. The van der Waals surface area contributed by atoms with Gasteiger partial charge in [0.25, 0.3) is 0 Å². The van der Waals surface area contributed by atoms with Crippen molar-refractivity contribution < 1.29 is 8.42 Å². The van der Waals surface area contributed by atoms with Crippen LogP contribution in [0.5, 0.6) is 0 Å². The fraction of sp³-hybridized carbons (Fsp3) is 0.375. The van der Waals surface area contributed by atoms with Crippen LogP contribution in [0.3, 0.4) is 0 Å². The monoisotopic (exact) mass is 338 g/mol. The molecule has 1 aromatic carbocycles. The zero-order valence-corrected chi connectivity index (χ0v) is 13.8.